The molecule has 0 aliphatic heterocycles. The van der Waals surface area contributed by atoms with E-state index in [-0.39, 0.29) is 30.0 Å². The summed E-state index contributed by atoms with van der Waals surface area (Å²) in [4.78, 5) is 14.0. The molecule has 20 heavy (non-hydrogen) atoms. The summed E-state index contributed by atoms with van der Waals surface area (Å²) in [7, 11) is 0. The number of nitrogens with two attached hydrogens (primary N) is 1. The fourth-order valence-corrected chi connectivity index (χ4v) is 1.94. The fraction of sp³-hybridized carbons (Fsp3) is 0.385. The monoisotopic (exact) mass is 343 g/mol. The number of halogens is 1. The van der Waals surface area contributed by atoms with Crippen LogP contribution in [0.25, 0.3) is 0 Å². The second-order valence-electron chi connectivity index (χ2n) is 4.60. The Morgan fingerprint density at radius 2 is 2.15 bits per heavy atom. The average Bonchev–Trinajstić information content (AvgIpc) is 2.41. The van der Waals surface area contributed by atoms with Crippen molar-refractivity contribution in [1.82, 2.24) is 4.90 Å². The summed E-state index contributed by atoms with van der Waals surface area (Å²) in [6.45, 7) is 4.09. The SMILES string of the molecule is CC(C)N(CC/C(N)=N/O)C(=O)c1ccc(Br)c(O)c1. The Kier molecular flexibility index (Phi) is 5.82. The summed E-state index contributed by atoms with van der Waals surface area (Å²) in [5, 5.41) is 21.1. The first-order chi connectivity index (χ1) is 9.36. The topological polar surface area (TPSA) is 99.1 Å². The zero-order chi connectivity index (χ0) is 15.3. The van der Waals surface area contributed by atoms with Gasteiger partial charge in [-0.05, 0) is 48.0 Å². The van der Waals surface area contributed by atoms with Gasteiger partial charge in [0.1, 0.15) is 11.6 Å². The number of aromatic hydroxyl groups is 1. The van der Waals surface area contributed by atoms with E-state index in [0.29, 0.717) is 16.6 Å². The molecule has 0 aromatic heterocycles. The number of oxime groups is 1. The number of hydrogen-bond acceptors (Lipinski definition) is 4. The highest BCUT2D eigenvalue weighted by Gasteiger charge is 2.19. The van der Waals surface area contributed by atoms with Gasteiger partial charge in [-0.25, -0.2) is 0 Å². The molecule has 0 fully saturated rings. The van der Waals surface area contributed by atoms with Crippen LogP contribution in [0.4, 0.5) is 0 Å². The number of hydrogen-bond donors (Lipinski definition) is 3. The van der Waals surface area contributed by atoms with E-state index >= 15 is 0 Å². The van der Waals surface area contributed by atoms with Gasteiger partial charge >= 0.3 is 0 Å². The minimum atomic E-state index is -0.214. The summed E-state index contributed by atoms with van der Waals surface area (Å²) in [5.74, 6) is -0.133. The minimum Gasteiger partial charge on any atom is -0.507 e. The maximum absolute atomic E-state index is 12.4. The lowest BCUT2D eigenvalue weighted by molar-refractivity contribution is 0.0710. The molecule has 0 saturated carbocycles. The molecular weight excluding hydrogens is 326 g/mol. The van der Waals surface area contributed by atoms with E-state index in [1.165, 1.54) is 6.07 Å². The Bertz CT molecular complexity index is 518. The second kappa shape index (κ2) is 7.14. The third-order valence-electron chi connectivity index (χ3n) is 2.81. The average molecular weight is 344 g/mol. The summed E-state index contributed by atoms with van der Waals surface area (Å²) >= 11 is 3.17. The smallest absolute Gasteiger partial charge is 0.254 e. The van der Waals surface area contributed by atoms with Gasteiger partial charge < -0.3 is 20.9 Å². The van der Waals surface area contributed by atoms with Crippen molar-refractivity contribution in [3.8, 4) is 5.75 Å². The number of benzene rings is 1. The second-order valence-corrected chi connectivity index (χ2v) is 5.45. The summed E-state index contributed by atoms with van der Waals surface area (Å²) in [6, 6.07) is 4.61. The van der Waals surface area contributed by atoms with Crippen LogP contribution in [0.5, 0.6) is 5.75 Å². The third kappa shape index (κ3) is 4.12. The van der Waals surface area contributed by atoms with Crippen molar-refractivity contribution in [3.63, 3.8) is 0 Å². The molecule has 110 valence electrons. The van der Waals surface area contributed by atoms with Crippen molar-refractivity contribution in [2.75, 3.05) is 6.54 Å². The molecule has 0 aliphatic rings. The van der Waals surface area contributed by atoms with Crippen LogP contribution >= 0.6 is 15.9 Å². The largest absolute Gasteiger partial charge is 0.507 e. The van der Waals surface area contributed by atoms with E-state index in [0.717, 1.165) is 0 Å². The van der Waals surface area contributed by atoms with Crippen LogP contribution < -0.4 is 5.73 Å². The van der Waals surface area contributed by atoms with Crippen LogP contribution in [0.3, 0.4) is 0 Å². The van der Waals surface area contributed by atoms with Crippen LogP contribution in [0.15, 0.2) is 27.8 Å². The number of phenolic OH excluding ortho intramolecular Hbond substituents is 1. The molecule has 7 heteroatoms. The van der Waals surface area contributed by atoms with Crippen LogP contribution in [0.1, 0.15) is 30.6 Å². The van der Waals surface area contributed by atoms with E-state index in [9.17, 15) is 9.90 Å². The van der Waals surface area contributed by atoms with Crippen molar-refractivity contribution in [3.05, 3.63) is 28.2 Å². The van der Waals surface area contributed by atoms with Crippen molar-refractivity contribution < 1.29 is 15.1 Å². The Labute approximate surface area is 126 Å². The first-order valence-electron chi connectivity index (χ1n) is 6.12. The fourth-order valence-electron chi connectivity index (χ4n) is 1.69. The predicted octanol–water partition coefficient (Wildman–Crippen LogP) is 2.14. The van der Waals surface area contributed by atoms with Crippen molar-refractivity contribution in [2.45, 2.75) is 26.3 Å². The lowest BCUT2D eigenvalue weighted by Crippen LogP contribution is -2.39. The van der Waals surface area contributed by atoms with Gasteiger partial charge in [0.05, 0.1) is 4.47 Å². The molecule has 1 aromatic carbocycles. The summed E-state index contributed by atoms with van der Waals surface area (Å²) in [5.41, 5.74) is 5.81. The Morgan fingerprint density at radius 1 is 1.50 bits per heavy atom. The van der Waals surface area contributed by atoms with Gasteiger partial charge in [0.25, 0.3) is 5.91 Å². The predicted molar refractivity (Wildman–Crippen MR) is 80.0 cm³/mol. The number of phenols is 1. The van der Waals surface area contributed by atoms with E-state index < -0.39 is 0 Å². The van der Waals surface area contributed by atoms with Crippen LogP contribution in [0, 0.1) is 0 Å². The van der Waals surface area contributed by atoms with Crippen LogP contribution in [0.2, 0.25) is 0 Å². The summed E-state index contributed by atoms with van der Waals surface area (Å²) < 4.78 is 0.529. The quantitative estimate of drug-likeness (QED) is 0.330. The molecule has 0 bridgehead atoms. The Balaban J connectivity index is 2.90. The lowest BCUT2D eigenvalue weighted by atomic mass is 10.1. The van der Waals surface area contributed by atoms with Gasteiger partial charge in [-0.1, -0.05) is 5.16 Å². The highest BCUT2D eigenvalue weighted by molar-refractivity contribution is 9.10. The maximum atomic E-state index is 12.4. The molecule has 0 unspecified atom stereocenters. The van der Waals surface area contributed by atoms with E-state index in [4.69, 9.17) is 10.9 Å². The number of carbonyl (C=O) groups excluding carboxylic acids is 1. The molecule has 4 N–H and O–H groups in total. The molecule has 1 aromatic rings. The number of rotatable bonds is 5. The lowest BCUT2D eigenvalue weighted by Gasteiger charge is -2.26. The number of carbonyl (C=O) groups is 1. The van der Waals surface area contributed by atoms with Crippen LogP contribution in [-0.4, -0.2) is 39.5 Å². The summed E-state index contributed by atoms with van der Waals surface area (Å²) in [6.07, 6.45) is 0.281. The Morgan fingerprint density at radius 3 is 2.65 bits per heavy atom. The van der Waals surface area contributed by atoms with Gasteiger partial charge in [-0.15, -0.1) is 0 Å². The first kappa shape index (κ1) is 16.3. The standard InChI is InChI=1S/C13H18BrN3O3/c1-8(2)17(6-5-12(15)16-20)13(19)9-3-4-10(14)11(18)7-9/h3-4,7-8,18,20H,5-6H2,1-2H3,(H2,15,16). The normalized spacial score (nSPS) is 11.7. The molecule has 0 heterocycles. The van der Waals surface area contributed by atoms with Gasteiger partial charge in [-0.2, -0.15) is 0 Å². The van der Waals surface area contributed by atoms with Gasteiger partial charge in [-0.3, -0.25) is 4.79 Å². The third-order valence-corrected chi connectivity index (χ3v) is 3.49. The molecule has 1 rings (SSSR count). The molecule has 0 atom stereocenters. The number of amidine groups is 1. The molecule has 0 spiro atoms. The highest BCUT2D eigenvalue weighted by Crippen LogP contribution is 2.25. The van der Waals surface area contributed by atoms with Crippen molar-refractivity contribution in [2.24, 2.45) is 10.9 Å². The van der Waals surface area contributed by atoms with E-state index in [1.54, 1.807) is 17.0 Å². The van der Waals surface area contributed by atoms with Crippen molar-refractivity contribution >= 4 is 27.7 Å². The number of amides is 1. The molecule has 0 saturated heterocycles. The highest BCUT2D eigenvalue weighted by atomic mass is 79.9. The molecule has 0 radical (unpaired) electrons. The first-order valence-corrected chi connectivity index (χ1v) is 6.92. The maximum Gasteiger partial charge on any atom is 0.254 e. The minimum absolute atomic E-state index is 0.0102. The van der Waals surface area contributed by atoms with E-state index in [2.05, 4.69) is 21.1 Å². The van der Waals surface area contributed by atoms with Gasteiger partial charge in [0.15, 0.2) is 0 Å². The molecule has 6 nitrogen and oxygen atoms in total. The number of nitrogens with zero attached hydrogens (tertiary/aromatic N) is 2. The zero-order valence-electron chi connectivity index (χ0n) is 11.4. The zero-order valence-corrected chi connectivity index (χ0v) is 13.0. The molecule has 0 aliphatic carbocycles. The Hall–Kier alpha value is -1.76. The molecule has 1 amide bonds. The molecular formula is C13H18BrN3O3. The van der Waals surface area contributed by atoms with Gasteiger partial charge in [0, 0.05) is 24.6 Å². The van der Waals surface area contributed by atoms with E-state index in [1.807, 2.05) is 13.8 Å². The van der Waals surface area contributed by atoms with Crippen molar-refractivity contribution in [1.29, 1.82) is 0 Å². The van der Waals surface area contributed by atoms with Gasteiger partial charge in [0.2, 0.25) is 0 Å². The van der Waals surface area contributed by atoms with Crippen LogP contribution in [-0.2, 0) is 0 Å².